The second-order valence-electron chi connectivity index (χ2n) is 5.01. The van der Waals surface area contributed by atoms with Crippen molar-refractivity contribution in [3.8, 4) is 0 Å². The Morgan fingerprint density at radius 1 is 1.24 bits per heavy atom. The van der Waals surface area contributed by atoms with Crippen LogP contribution in [-0.2, 0) is 10.0 Å². The van der Waals surface area contributed by atoms with Gasteiger partial charge in [0.15, 0.2) is 0 Å². The van der Waals surface area contributed by atoms with Crippen molar-refractivity contribution in [3.63, 3.8) is 0 Å². The molecule has 0 spiro atoms. The molecule has 1 unspecified atom stereocenters. The molecule has 5 nitrogen and oxygen atoms in total. The predicted molar refractivity (Wildman–Crippen MR) is 77.8 cm³/mol. The Labute approximate surface area is 123 Å². The van der Waals surface area contributed by atoms with Crippen molar-refractivity contribution < 1.29 is 12.8 Å². The average molecular weight is 311 g/mol. The van der Waals surface area contributed by atoms with E-state index in [1.807, 2.05) is 0 Å². The van der Waals surface area contributed by atoms with Crippen LogP contribution in [0.3, 0.4) is 0 Å². The van der Waals surface area contributed by atoms with E-state index < -0.39 is 16.1 Å². The lowest BCUT2D eigenvalue weighted by molar-refractivity contribution is 0.397. The zero-order chi connectivity index (χ0) is 15.8. The molecule has 2 rings (SSSR count). The number of benzene rings is 1. The fourth-order valence-electron chi connectivity index (χ4n) is 2.22. The van der Waals surface area contributed by atoms with E-state index in [0.717, 1.165) is 5.56 Å². The molecule has 1 N–H and O–H groups in total. The fraction of sp³-hybridized carbons (Fsp3) is 0.357. The second kappa shape index (κ2) is 5.57. The van der Waals surface area contributed by atoms with Crippen LogP contribution in [0, 0.1) is 19.7 Å². The molecule has 1 aromatic heterocycles. The van der Waals surface area contributed by atoms with Crippen LogP contribution >= 0.6 is 0 Å². The van der Waals surface area contributed by atoms with Crippen molar-refractivity contribution in [3.05, 3.63) is 47.0 Å². The summed E-state index contributed by atoms with van der Waals surface area (Å²) in [6.07, 6.45) is 0. The number of aromatic amines is 1. The van der Waals surface area contributed by atoms with Gasteiger partial charge in [0.25, 0.3) is 0 Å². The van der Waals surface area contributed by atoms with Gasteiger partial charge in [-0.15, -0.1) is 0 Å². The third-order valence-electron chi connectivity index (χ3n) is 3.60. The second-order valence-corrected chi connectivity index (χ2v) is 6.95. The maximum atomic E-state index is 13.0. The number of rotatable bonds is 4. The maximum absolute atomic E-state index is 13.0. The number of nitrogens with one attached hydrogen (secondary N) is 1. The molecule has 1 aromatic carbocycles. The topological polar surface area (TPSA) is 66.1 Å². The number of H-pyrrole nitrogens is 1. The number of aromatic nitrogens is 2. The molecule has 0 aliphatic rings. The summed E-state index contributed by atoms with van der Waals surface area (Å²) in [5.41, 5.74) is 1.66. The summed E-state index contributed by atoms with van der Waals surface area (Å²) in [6, 6.07) is 5.40. The minimum atomic E-state index is -3.67. The Bertz CT molecular complexity index is 719. The highest BCUT2D eigenvalue weighted by atomic mass is 32.2. The summed E-state index contributed by atoms with van der Waals surface area (Å²) >= 11 is 0. The molecular weight excluding hydrogens is 293 g/mol. The molecule has 0 amide bonds. The van der Waals surface area contributed by atoms with Crippen LogP contribution < -0.4 is 0 Å². The molecule has 21 heavy (non-hydrogen) atoms. The first kappa shape index (κ1) is 15.7. The van der Waals surface area contributed by atoms with Gasteiger partial charge in [-0.2, -0.15) is 9.40 Å². The summed E-state index contributed by atoms with van der Waals surface area (Å²) in [5, 5.41) is 6.61. The van der Waals surface area contributed by atoms with Crippen molar-refractivity contribution >= 4 is 10.0 Å². The molecule has 0 aliphatic heterocycles. The molecule has 2 aromatic rings. The molecule has 0 saturated heterocycles. The molecule has 1 heterocycles. The molecule has 0 saturated carbocycles. The van der Waals surface area contributed by atoms with Gasteiger partial charge in [0.1, 0.15) is 10.7 Å². The van der Waals surface area contributed by atoms with E-state index in [9.17, 15) is 12.8 Å². The van der Waals surface area contributed by atoms with Crippen molar-refractivity contribution in [2.45, 2.75) is 31.7 Å². The van der Waals surface area contributed by atoms with E-state index in [-0.39, 0.29) is 10.7 Å². The van der Waals surface area contributed by atoms with Crippen molar-refractivity contribution in [1.82, 2.24) is 14.5 Å². The number of sulfonamides is 1. The van der Waals surface area contributed by atoms with Gasteiger partial charge >= 0.3 is 0 Å². The van der Waals surface area contributed by atoms with Crippen molar-refractivity contribution in [2.24, 2.45) is 0 Å². The molecule has 0 bridgehead atoms. The number of aryl methyl sites for hydroxylation is 2. The largest absolute Gasteiger partial charge is 0.281 e. The SMILES string of the molecule is Cc1n[nH]c(C)c1S(=O)(=O)N(C)C(C)c1ccc(F)cc1. The number of halogens is 1. The maximum Gasteiger partial charge on any atom is 0.247 e. The van der Waals surface area contributed by atoms with Gasteiger partial charge in [-0.3, -0.25) is 5.10 Å². The highest BCUT2D eigenvalue weighted by molar-refractivity contribution is 7.89. The number of nitrogens with zero attached hydrogens (tertiary/aromatic N) is 2. The molecule has 114 valence electrons. The zero-order valence-electron chi connectivity index (χ0n) is 12.4. The normalized spacial score (nSPS) is 13.6. The van der Waals surface area contributed by atoms with E-state index in [4.69, 9.17) is 0 Å². The van der Waals surface area contributed by atoms with Crippen LogP contribution in [0.2, 0.25) is 0 Å². The van der Waals surface area contributed by atoms with Gasteiger partial charge < -0.3 is 0 Å². The molecule has 0 fully saturated rings. The summed E-state index contributed by atoms with van der Waals surface area (Å²) in [5.74, 6) is -0.349. The Morgan fingerprint density at radius 3 is 2.29 bits per heavy atom. The van der Waals surface area contributed by atoms with Gasteiger partial charge in [-0.05, 0) is 38.5 Å². The molecular formula is C14H18FN3O2S. The standard InChI is InChI=1S/C14H18FN3O2S/c1-9-14(10(2)17-16-9)21(19,20)18(4)11(3)12-5-7-13(15)8-6-12/h5-8,11H,1-4H3,(H,16,17). The van der Waals surface area contributed by atoms with E-state index in [0.29, 0.717) is 11.4 Å². The summed E-state index contributed by atoms with van der Waals surface area (Å²) in [6.45, 7) is 5.08. The quantitative estimate of drug-likeness (QED) is 0.943. The predicted octanol–water partition coefficient (Wildman–Crippen LogP) is 2.55. The summed E-state index contributed by atoms with van der Waals surface area (Å²) < 4.78 is 39.7. The van der Waals surface area contributed by atoms with E-state index in [1.54, 1.807) is 32.9 Å². The monoisotopic (exact) mass is 311 g/mol. The van der Waals surface area contributed by atoms with Crippen LogP contribution in [0.25, 0.3) is 0 Å². The Balaban J connectivity index is 2.38. The van der Waals surface area contributed by atoms with Gasteiger partial charge in [0, 0.05) is 13.1 Å². The highest BCUT2D eigenvalue weighted by Crippen LogP contribution is 2.28. The Hall–Kier alpha value is -1.73. The average Bonchev–Trinajstić information content (AvgIpc) is 2.78. The van der Waals surface area contributed by atoms with Gasteiger partial charge in [-0.1, -0.05) is 12.1 Å². The first-order chi connectivity index (χ1) is 9.75. The Morgan fingerprint density at radius 2 is 1.81 bits per heavy atom. The lowest BCUT2D eigenvalue weighted by Crippen LogP contribution is -2.30. The summed E-state index contributed by atoms with van der Waals surface area (Å²) in [7, 11) is -2.16. The molecule has 0 radical (unpaired) electrons. The fourth-order valence-corrected chi connectivity index (χ4v) is 3.90. The molecule has 0 aliphatic carbocycles. The first-order valence-corrected chi connectivity index (χ1v) is 7.94. The van der Waals surface area contributed by atoms with Crippen LogP contribution in [0.15, 0.2) is 29.2 Å². The van der Waals surface area contributed by atoms with Crippen LogP contribution in [-0.4, -0.2) is 30.0 Å². The van der Waals surface area contributed by atoms with Gasteiger partial charge in [-0.25, -0.2) is 12.8 Å². The minimum Gasteiger partial charge on any atom is -0.281 e. The highest BCUT2D eigenvalue weighted by Gasteiger charge is 2.30. The van der Waals surface area contributed by atoms with Gasteiger partial charge in [0.2, 0.25) is 10.0 Å². The first-order valence-electron chi connectivity index (χ1n) is 6.50. The van der Waals surface area contributed by atoms with Gasteiger partial charge in [0.05, 0.1) is 11.4 Å². The van der Waals surface area contributed by atoms with Crippen molar-refractivity contribution in [2.75, 3.05) is 7.05 Å². The number of hydrogen-bond donors (Lipinski definition) is 1. The van der Waals surface area contributed by atoms with E-state index >= 15 is 0 Å². The van der Waals surface area contributed by atoms with E-state index in [1.165, 1.54) is 23.5 Å². The minimum absolute atomic E-state index is 0.193. The molecule has 7 heteroatoms. The van der Waals surface area contributed by atoms with E-state index in [2.05, 4.69) is 10.2 Å². The third-order valence-corrected chi connectivity index (χ3v) is 5.79. The number of hydrogen-bond acceptors (Lipinski definition) is 3. The lowest BCUT2D eigenvalue weighted by Gasteiger charge is -2.24. The smallest absolute Gasteiger partial charge is 0.247 e. The van der Waals surface area contributed by atoms with Crippen LogP contribution in [0.1, 0.15) is 29.9 Å². The Kier molecular flexibility index (Phi) is 4.15. The summed E-state index contributed by atoms with van der Waals surface area (Å²) in [4.78, 5) is 0.193. The zero-order valence-corrected chi connectivity index (χ0v) is 13.2. The van der Waals surface area contributed by atoms with Crippen LogP contribution in [0.5, 0.6) is 0 Å². The van der Waals surface area contributed by atoms with Crippen molar-refractivity contribution in [1.29, 1.82) is 0 Å². The lowest BCUT2D eigenvalue weighted by atomic mass is 10.1. The third kappa shape index (κ3) is 2.84. The van der Waals surface area contributed by atoms with Crippen LogP contribution in [0.4, 0.5) is 4.39 Å². The molecule has 1 atom stereocenters.